The maximum absolute atomic E-state index is 5.76. The summed E-state index contributed by atoms with van der Waals surface area (Å²) in [5.74, 6) is 1.45. The average Bonchev–Trinajstić information content (AvgIpc) is 2.09. The monoisotopic (exact) mass is 184 g/mol. The van der Waals surface area contributed by atoms with Crippen LogP contribution in [0, 0.1) is 6.92 Å². The lowest BCUT2D eigenvalue weighted by molar-refractivity contribution is 0.335. The lowest BCUT2D eigenvalue weighted by Crippen LogP contribution is -1.97. The Bertz CT molecular complexity index is 258. The van der Waals surface area contributed by atoms with E-state index in [0.717, 1.165) is 16.9 Å². The van der Waals surface area contributed by atoms with Crippen LogP contribution in [-0.4, -0.2) is 6.61 Å². The van der Waals surface area contributed by atoms with Gasteiger partial charge in [-0.2, -0.15) is 0 Å². The average molecular weight is 185 g/mol. The van der Waals surface area contributed by atoms with E-state index in [1.165, 1.54) is 0 Å². The van der Waals surface area contributed by atoms with Gasteiger partial charge in [0.15, 0.2) is 0 Å². The minimum Gasteiger partial charge on any atom is -0.493 e. The molecule has 0 N–H and O–H groups in total. The van der Waals surface area contributed by atoms with E-state index < -0.39 is 0 Å². The van der Waals surface area contributed by atoms with Crippen molar-refractivity contribution in [2.24, 2.45) is 0 Å². The molecule has 0 spiro atoms. The molecule has 0 saturated heterocycles. The molecule has 1 nitrogen and oxygen atoms in total. The summed E-state index contributed by atoms with van der Waals surface area (Å²) in [5, 5.41) is 0. The van der Waals surface area contributed by atoms with Crippen LogP contribution in [0.25, 0.3) is 0 Å². The molecule has 0 unspecified atom stereocenters. The molecule has 0 bridgehead atoms. The van der Waals surface area contributed by atoms with Gasteiger partial charge in [-0.15, -0.1) is 11.6 Å². The van der Waals surface area contributed by atoms with E-state index in [9.17, 15) is 0 Å². The van der Waals surface area contributed by atoms with Gasteiger partial charge in [-0.1, -0.05) is 18.2 Å². The molecular weight excluding hydrogens is 172 g/mol. The van der Waals surface area contributed by atoms with E-state index in [2.05, 4.69) is 0 Å². The zero-order chi connectivity index (χ0) is 8.97. The number of para-hydroxylation sites is 1. The molecular formula is C10H13ClO. The van der Waals surface area contributed by atoms with Crippen molar-refractivity contribution in [3.8, 4) is 5.75 Å². The van der Waals surface area contributed by atoms with Crippen molar-refractivity contribution in [3.63, 3.8) is 0 Å². The number of hydrogen-bond donors (Lipinski definition) is 0. The summed E-state index contributed by atoms with van der Waals surface area (Å²) in [6.07, 6.45) is 0. The molecule has 2 heteroatoms. The molecule has 0 aromatic heterocycles. The highest BCUT2D eigenvalue weighted by Gasteiger charge is 2.03. The largest absolute Gasteiger partial charge is 0.493 e. The molecule has 0 saturated carbocycles. The molecule has 12 heavy (non-hydrogen) atoms. The van der Waals surface area contributed by atoms with Gasteiger partial charge >= 0.3 is 0 Å². The Morgan fingerprint density at radius 1 is 1.42 bits per heavy atom. The third-order valence-corrected chi connectivity index (χ3v) is 2.01. The van der Waals surface area contributed by atoms with E-state index in [1.54, 1.807) is 0 Å². The topological polar surface area (TPSA) is 9.23 Å². The quantitative estimate of drug-likeness (QED) is 0.656. The molecule has 1 aromatic rings. The van der Waals surface area contributed by atoms with Crippen LogP contribution in [0.4, 0.5) is 0 Å². The fourth-order valence-corrected chi connectivity index (χ4v) is 1.38. The number of benzene rings is 1. The Balaban J connectivity index is 3.02. The Morgan fingerprint density at radius 3 is 2.75 bits per heavy atom. The predicted octanol–water partition coefficient (Wildman–Crippen LogP) is 3.13. The van der Waals surface area contributed by atoms with E-state index in [-0.39, 0.29) is 0 Å². The van der Waals surface area contributed by atoms with E-state index in [0.29, 0.717) is 12.5 Å². The van der Waals surface area contributed by atoms with Crippen LogP contribution in [0.3, 0.4) is 0 Å². The van der Waals surface area contributed by atoms with Gasteiger partial charge in [0.1, 0.15) is 5.75 Å². The maximum atomic E-state index is 5.76. The summed E-state index contributed by atoms with van der Waals surface area (Å²) in [7, 11) is 0. The number of hydrogen-bond acceptors (Lipinski definition) is 1. The Hall–Kier alpha value is -0.690. The third-order valence-electron chi connectivity index (χ3n) is 1.73. The van der Waals surface area contributed by atoms with Gasteiger partial charge in [0.05, 0.1) is 12.5 Å². The van der Waals surface area contributed by atoms with E-state index in [4.69, 9.17) is 16.3 Å². The molecule has 0 fully saturated rings. The van der Waals surface area contributed by atoms with Gasteiger partial charge in [0, 0.05) is 5.56 Å². The highest BCUT2D eigenvalue weighted by atomic mass is 35.5. The lowest BCUT2D eigenvalue weighted by Gasteiger charge is -2.10. The Labute approximate surface area is 78.3 Å². The summed E-state index contributed by atoms with van der Waals surface area (Å²) < 4.78 is 5.47. The first kappa shape index (κ1) is 9.40. The second-order valence-corrected chi connectivity index (χ2v) is 2.90. The predicted molar refractivity (Wildman–Crippen MR) is 51.9 cm³/mol. The first-order valence-corrected chi connectivity index (χ1v) is 4.60. The smallest absolute Gasteiger partial charge is 0.126 e. The number of rotatable bonds is 3. The molecule has 0 heterocycles. The van der Waals surface area contributed by atoms with E-state index >= 15 is 0 Å². The van der Waals surface area contributed by atoms with Gasteiger partial charge < -0.3 is 4.74 Å². The summed E-state index contributed by atoms with van der Waals surface area (Å²) in [6.45, 7) is 4.69. The maximum Gasteiger partial charge on any atom is 0.126 e. The van der Waals surface area contributed by atoms with Gasteiger partial charge in [-0.3, -0.25) is 0 Å². The zero-order valence-corrected chi connectivity index (χ0v) is 8.19. The van der Waals surface area contributed by atoms with Crippen molar-refractivity contribution >= 4 is 11.6 Å². The molecule has 0 aliphatic rings. The number of aryl methyl sites for hydroxylation is 1. The fourth-order valence-electron chi connectivity index (χ4n) is 1.17. The summed E-state index contributed by atoms with van der Waals surface area (Å²) in [4.78, 5) is 0. The molecule has 1 aromatic carbocycles. The van der Waals surface area contributed by atoms with E-state index in [1.807, 2.05) is 32.0 Å². The Morgan fingerprint density at radius 2 is 2.17 bits per heavy atom. The van der Waals surface area contributed by atoms with Gasteiger partial charge in [-0.25, -0.2) is 0 Å². The molecule has 0 aliphatic heterocycles. The first-order chi connectivity index (χ1) is 5.79. The standard InChI is InChI=1S/C10H13ClO/c1-3-12-10-8(2)5-4-6-9(10)7-11/h4-6H,3,7H2,1-2H3. The first-order valence-electron chi connectivity index (χ1n) is 4.06. The van der Waals surface area contributed by atoms with Crippen LogP contribution in [0.15, 0.2) is 18.2 Å². The summed E-state index contributed by atoms with van der Waals surface area (Å²) in [5.41, 5.74) is 2.22. The molecule has 0 aliphatic carbocycles. The highest BCUT2D eigenvalue weighted by molar-refractivity contribution is 6.17. The minimum atomic E-state index is 0.511. The van der Waals surface area contributed by atoms with Gasteiger partial charge in [-0.05, 0) is 19.4 Å². The van der Waals surface area contributed by atoms with Crippen molar-refractivity contribution in [2.75, 3.05) is 6.61 Å². The molecule has 0 radical (unpaired) electrons. The molecule has 0 amide bonds. The highest BCUT2D eigenvalue weighted by Crippen LogP contribution is 2.24. The number of halogens is 1. The van der Waals surface area contributed by atoms with Gasteiger partial charge in [0.25, 0.3) is 0 Å². The van der Waals surface area contributed by atoms with Crippen molar-refractivity contribution in [1.82, 2.24) is 0 Å². The van der Waals surface area contributed by atoms with Crippen molar-refractivity contribution in [2.45, 2.75) is 19.7 Å². The number of ether oxygens (including phenoxy) is 1. The Kier molecular flexibility index (Phi) is 3.42. The van der Waals surface area contributed by atoms with Crippen LogP contribution in [0.5, 0.6) is 5.75 Å². The molecule has 66 valence electrons. The zero-order valence-electron chi connectivity index (χ0n) is 7.43. The number of alkyl halides is 1. The second-order valence-electron chi connectivity index (χ2n) is 2.63. The van der Waals surface area contributed by atoms with Crippen LogP contribution in [-0.2, 0) is 5.88 Å². The van der Waals surface area contributed by atoms with Crippen molar-refractivity contribution in [1.29, 1.82) is 0 Å². The second kappa shape index (κ2) is 4.36. The lowest BCUT2D eigenvalue weighted by atomic mass is 10.1. The summed E-state index contributed by atoms with van der Waals surface area (Å²) in [6, 6.07) is 6.02. The molecule has 0 atom stereocenters. The molecule has 1 rings (SSSR count). The van der Waals surface area contributed by atoms with Crippen molar-refractivity contribution < 1.29 is 4.74 Å². The SMILES string of the molecule is CCOc1c(C)cccc1CCl. The normalized spacial score (nSPS) is 9.92. The van der Waals surface area contributed by atoms with Crippen molar-refractivity contribution in [3.05, 3.63) is 29.3 Å². The fraction of sp³-hybridized carbons (Fsp3) is 0.400. The van der Waals surface area contributed by atoms with Crippen LogP contribution in [0.2, 0.25) is 0 Å². The summed E-state index contributed by atoms with van der Waals surface area (Å²) >= 11 is 5.76. The third kappa shape index (κ3) is 1.92. The van der Waals surface area contributed by atoms with Crippen LogP contribution in [0.1, 0.15) is 18.1 Å². The van der Waals surface area contributed by atoms with Crippen LogP contribution >= 0.6 is 11.6 Å². The van der Waals surface area contributed by atoms with Gasteiger partial charge in [0.2, 0.25) is 0 Å². The minimum absolute atomic E-state index is 0.511. The van der Waals surface area contributed by atoms with Crippen LogP contribution < -0.4 is 4.74 Å².